The fourth-order valence-corrected chi connectivity index (χ4v) is 2.29. The van der Waals surface area contributed by atoms with Gasteiger partial charge in [-0.15, -0.1) is 24.0 Å². The van der Waals surface area contributed by atoms with Crippen LogP contribution in [0, 0.1) is 17.1 Å². The summed E-state index contributed by atoms with van der Waals surface area (Å²) >= 11 is 0. The molecule has 2 N–H and O–H groups in total. The molecule has 2 aromatic carbocycles. The summed E-state index contributed by atoms with van der Waals surface area (Å²) in [6.45, 7) is 2.67. The maximum absolute atomic E-state index is 13.9. The Morgan fingerprint density at radius 1 is 1.15 bits per heavy atom. The number of hydrogen-bond donors (Lipinski definition) is 2. The quantitative estimate of drug-likeness (QED) is 0.370. The van der Waals surface area contributed by atoms with Gasteiger partial charge in [-0.2, -0.15) is 5.26 Å². The molecule has 0 fully saturated rings. The van der Waals surface area contributed by atoms with E-state index in [-0.39, 0.29) is 30.5 Å². The van der Waals surface area contributed by atoms with Crippen molar-refractivity contribution in [2.75, 3.05) is 26.1 Å². The molecule has 0 radical (unpaired) electrons. The van der Waals surface area contributed by atoms with E-state index in [9.17, 15) is 4.39 Å². The van der Waals surface area contributed by atoms with Crippen molar-refractivity contribution < 1.29 is 13.9 Å². The molecule has 0 saturated heterocycles. The van der Waals surface area contributed by atoms with E-state index in [1.54, 1.807) is 26.4 Å². The highest BCUT2D eigenvalue weighted by Crippen LogP contribution is 2.29. The van der Waals surface area contributed by atoms with Crippen LogP contribution in [0.5, 0.6) is 11.5 Å². The van der Waals surface area contributed by atoms with Crippen molar-refractivity contribution in [3.8, 4) is 17.6 Å². The number of hydrogen-bond acceptors (Lipinski definition) is 4. The van der Waals surface area contributed by atoms with Crippen molar-refractivity contribution in [2.45, 2.75) is 13.5 Å². The van der Waals surface area contributed by atoms with Gasteiger partial charge in [0.25, 0.3) is 0 Å². The molecule has 2 aromatic rings. The Balaban J connectivity index is 0.00000364. The lowest BCUT2D eigenvalue weighted by Gasteiger charge is -2.14. The molecule has 8 heteroatoms. The number of anilines is 1. The summed E-state index contributed by atoms with van der Waals surface area (Å²) in [4.78, 5) is 4.39. The molecule has 0 atom stereocenters. The largest absolute Gasteiger partial charge is 0.493 e. The monoisotopic (exact) mass is 484 g/mol. The van der Waals surface area contributed by atoms with Crippen LogP contribution in [0.15, 0.2) is 41.4 Å². The summed E-state index contributed by atoms with van der Waals surface area (Å²) in [5.41, 5.74) is 1.50. The highest BCUT2D eigenvalue weighted by molar-refractivity contribution is 14.0. The number of halogens is 2. The Morgan fingerprint density at radius 3 is 2.52 bits per heavy atom. The highest BCUT2D eigenvalue weighted by atomic mass is 127. The lowest BCUT2D eigenvalue weighted by atomic mass is 10.1. The van der Waals surface area contributed by atoms with E-state index in [0.717, 1.165) is 5.69 Å². The van der Waals surface area contributed by atoms with Crippen LogP contribution in [0.1, 0.15) is 18.1 Å². The molecule has 0 aliphatic rings. The van der Waals surface area contributed by atoms with Crippen LogP contribution < -0.4 is 20.1 Å². The van der Waals surface area contributed by atoms with Gasteiger partial charge in [-0.3, -0.25) is 0 Å². The van der Waals surface area contributed by atoms with Gasteiger partial charge in [0.05, 0.1) is 32.4 Å². The maximum Gasteiger partial charge on any atom is 0.196 e. The number of nitrogens with zero attached hydrogens (tertiary/aromatic N) is 2. The molecular weight excluding hydrogens is 462 g/mol. The van der Waals surface area contributed by atoms with Gasteiger partial charge >= 0.3 is 0 Å². The van der Waals surface area contributed by atoms with E-state index in [0.29, 0.717) is 35.1 Å². The predicted octanol–water partition coefficient (Wildman–Crippen LogP) is 3.91. The van der Waals surface area contributed by atoms with Crippen molar-refractivity contribution in [1.82, 2.24) is 5.32 Å². The molecular formula is C19H22FIN4O2. The number of nitrogens with one attached hydrogen (secondary N) is 2. The number of methoxy groups -OCH3 is 2. The first-order valence-electron chi connectivity index (χ1n) is 8.07. The Hall–Kier alpha value is -2.54. The fourth-order valence-electron chi connectivity index (χ4n) is 2.29. The zero-order valence-electron chi connectivity index (χ0n) is 15.4. The molecule has 144 valence electrons. The van der Waals surface area contributed by atoms with E-state index in [1.807, 2.05) is 19.1 Å². The zero-order valence-corrected chi connectivity index (χ0v) is 17.7. The van der Waals surface area contributed by atoms with E-state index < -0.39 is 5.82 Å². The summed E-state index contributed by atoms with van der Waals surface area (Å²) in [7, 11) is 3.13. The molecule has 0 unspecified atom stereocenters. The number of aliphatic imine (C=N–C) groups is 1. The molecule has 6 nitrogen and oxygen atoms in total. The van der Waals surface area contributed by atoms with E-state index >= 15 is 0 Å². The van der Waals surface area contributed by atoms with Crippen molar-refractivity contribution in [2.24, 2.45) is 4.99 Å². The number of guanidine groups is 1. The summed E-state index contributed by atoms with van der Waals surface area (Å²) in [5, 5.41) is 15.2. The summed E-state index contributed by atoms with van der Waals surface area (Å²) < 4.78 is 24.4. The molecule has 0 aromatic heterocycles. The molecule has 0 amide bonds. The van der Waals surface area contributed by atoms with Gasteiger partial charge in [0, 0.05) is 23.9 Å². The third kappa shape index (κ3) is 6.29. The molecule has 0 aliphatic heterocycles. The van der Waals surface area contributed by atoms with Gasteiger partial charge in [-0.25, -0.2) is 9.38 Å². The molecule has 0 saturated carbocycles. The van der Waals surface area contributed by atoms with E-state index in [1.165, 1.54) is 18.2 Å². The van der Waals surface area contributed by atoms with Crippen LogP contribution in [0.2, 0.25) is 0 Å². The van der Waals surface area contributed by atoms with Crippen molar-refractivity contribution in [3.63, 3.8) is 0 Å². The second-order valence-corrected chi connectivity index (χ2v) is 5.31. The summed E-state index contributed by atoms with van der Waals surface area (Å²) in [6, 6.07) is 11.6. The smallest absolute Gasteiger partial charge is 0.196 e. The standard InChI is InChI=1S/C19H21FN4O2.HI/c1-4-22-19(23-12-14-9-13(11-21)5-7-16(14)20)24-15-6-8-17(25-2)18(10-15)26-3;/h5-10H,4,12H2,1-3H3,(H2,22,23,24);1H. The SMILES string of the molecule is CCNC(=NCc1cc(C#N)ccc1F)Nc1ccc(OC)c(OC)c1.I. The Bertz CT molecular complexity index is 837. The van der Waals surface area contributed by atoms with Crippen molar-refractivity contribution in [3.05, 3.63) is 53.3 Å². The minimum Gasteiger partial charge on any atom is -0.493 e. The van der Waals surface area contributed by atoms with Crippen LogP contribution in [-0.4, -0.2) is 26.7 Å². The van der Waals surface area contributed by atoms with Crippen LogP contribution in [0.3, 0.4) is 0 Å². The molecule has 0 heterocycles. The second-order valence-electron chi connectivity index (χ2n) is 5.31. The normalized spacial score (nSPS) is 10.4. The fraction of sp³-hybridized carbons (Fsp3) is 0.263. The van der Waals surface area contributed by atoms with Gasteiger partial charge < -0.3 is 20.1 Å². The first kappa shape index (κ1) is 22.5. The Labute approximate surface area is 175 Å². The molecule has 0 aliphatic carbocycles. The summed E-state index contributed by atoms with van der Waals surface area (Å²) in [6.07, 6.45) is 0. The lowest BCUT2D eigenvalue weighted by molar-refractivity contribution is 0.355. The van der Waals surface area contributed by atoms with Gasteiger partial charge in [0.1, 0.15) is 5.82 Å². The molecule has 0 bridgehead atoms. The predicted molar refractivity (Wildman–Crippen MR) is 115 cm³/mol. The Morgan fingerprint density at radius 2 is 1.89 bits per heavy atom. The van der Waals surface area contributed by atoms with Crippen LogP contribution in [0.4, 0.5) is 10.1 Å². The van der Waals surface area contributed by atoms with Crippen LogP contribution in [0.25, 0.3) is 0 Å². The van der Waals surface area contributed by atoms with E-state index in [2.05, 4.69) is 15.6 Å². The number of rotatable bonds is 6. The number of ether oxygens (including phenoxy) is 2. The molecule has 27 heavy (non-hydrogen) atoms. The van der Waals surface area contributed by atoms with Gasteiger partial charge in [0.15, 0.2) is 17.5 Å². The minimum atomic E-state index is -0.394. The van der Waals surface area contributed by atoms with Crippen molar-refractivity contribution >= 4 is 35.6 Å². The summed E-state index contributed by atoms with van der Waals surface area (Å²) in [5.74, 6) is 1.30. The van der Waals surface area contributed by atoms with Gasteiger partial charge in [0.2, 0.25) is 0 Å². The molecule has 0 spiro atoms. The first-order chi connectivity index (χ1) is 12.6. The number of benzene rings is 2. The highest BCUT2D eigenvalue weighted by Gasteiger charge is 2.07. The van der Waals surface area contributed by atoms with Gasteiger partial charge in [-0.1, -0.05) is 0 Å². The average Bonchev–Trinajstić information content (AvgIpc) is 2.67. The van der Waals surface area contributed by atoms with Gasteiger partial charge in [-0.05, 0) is 37.3 Å². The minimum absolute atomic E-state index is 0. The average molecular weight is 484 g/mol. The topological polar surface area (TPSA) is 78.7 Å². The second kappa shape index (κ2) is 11.2. The lowest BCUT2D eigenvalue weighted by Crippen LogP contribution is -2.30. The third-order valence-electron chi connectivity index (χ3n) is 3.57. The number of nitriles is 1. The van der Waals surface area contributed by atoms with Crippen LogP contribution >= 0.6 is 24.0 Å². The third-order valence-corrected chi connectivity index (χ3v) is 3.57. The van der Waals surface area contributed by atoms with Crippen molar-refractivity contribution in [1.29, 1.82) is 5.26 Å². The maximum atomic E-state index is 13.9. The van der Waals surface area contributed by atoms with Crippen LogP contribution in [-0.2, 0) is 6.54 Å². The van der Waals surface area contributed by atoms with E-state index in [4.69, 9.17) is 14.7 Å². The zero-order chi connectivity index (χ0) is 18.9. The first-order valence-corrected chi connectivity index (χ1v) is 8.07. The Kier molecular flexibility index (Phi) is 9.36. The molecule has 2 rings (SSSR count).